The van der Waals surface area contributed by atoms with Crippen molar-refractivity contribution in [3.05, 3.63) is 35.4 Å². The average Bonchev–Trinajstić information content (AvgIpc) is 3.16. The van der Waals surface area contributed by atoms with Crippen molar-refractivity contribution in [2.24, 2.45) is 0 Å². The quantitative estimate of drug-likeness (QED) is 0.718. The van der Waals surface area contributed by atoms with Crippen molar-refractivity contribution in [3.63, 3.8) is 0 Å². The minimum atomic E-state index is -1.19. The molecule has 0 heterocycles. The second-order valence-corrected chi connectivity index (χ2v) is 4.65. The van der Waals surface area contributed by atoms with Crippen LogP contribution in [0.1, 0.15) is 24.5 Å². The van der Waals surface area contributed by atoms with Gasteiger partial charge in [0.25, 0.3) is 0 Å². The van der Waals surface area contributed by atoms with Crippen LogP contribution in [0.2, 0.25) is 0 Å². The van der Waals surface area contributed by atoms with E-state index in [1.165, 1.54) is 0 Å². The number of carbonyl (C=O) groups is 1. The van der Waals surface area contributed by atoms with E-state index in [1.54, 1.807) is 0 Å². The van der Waals surface area contributed by atoms with Gasteiger partial charge in [-0.05, 0) is 31.0 Å². The summed E-state index contributed by atoms with van der Waals surface area (Å²) in [5.41, 5.74) is -0.116. The molecule has 2 rings (SSSR count). The van der Waals surface area contributed by atoms with Crippen molar-refractivity contribution in [1.29, 1.82) is 0 Å². The van der Waals surface area contributed by atoms with Crippen molar-refractivity contribution in [3.8, 4) is 0 Å². The molecule has 104 valence electrons. The normalized spacial score (nSPS) is 16.2. The van der Waals surface area contributed by atoms with Crippen LogP contribution in [-0.4, -0.2) is 30.1 Å². The van der Waals surface area contributed by atoms with E-state index in [4.69, 9.17) is 0 Å². The fourth-order valence-electron chi connectivity index (χ4n) is 1.71. The third-order valence-corrected chi connectivity index (χ3v) is 2.88. The maximum absolute atomic E-state index is 13.4. The number of halogens is 2. The molecule has 1 fully saturated rings. The maximum atomic E-state index is 13.4. The first-order valence-corrected chi connectivity index (χ1v) is 6.19. The van der Waals surface area contributed by atoms with Gasteiger partial charge in [0, 0.05) is 18.2 Å². The van der Waals surface area contributed by atoms with Gasteiger partial charge < -0.3 is 15.7 Å². The van der Waals surface area contributed by atoms with E-state index in [-0.39, 0.29) is 30.6 Å². The first-order chi connectivity index (χ1) is 9.06. The van der Waals surface area contributed by atoms with Gasteiger partial charge in [-0.3, -0.25) is 4.79 Å². The van der Waals surface area contributed by atoms with Crippen LogP contribution in [0.25, 0.3) is 0 Å². The molecule has 1 atom stereocenters. The number of amides is 1. The van der Waals surface area contributed by atoms with E-state index in [1.807, 2.05) is 0 Å². The average molecular weight is 270 g/mol. The third kappa shape index (κ3) is 4.25. The largest absolute Gasteiger partial charge is 0.387 e. The molecule has 0 radical (unpaired) electrons. The van der Waals surface area contributed by atoms with Crippen molar-refractivity contribution >= 4 is 5.91 Å². The zero-order valence-corrected chi connectivity index (χ0v) is 10.3. The van der Waals surface area contributed by atoms with Crippen molar-refractivity contribution in [2.75, 3.05) is 13.1 Å². The predicted octanol–water partition coefficient (Wildman–Crippen LogP) is 0.866. The Morgan fingerprint density at radius 3 is 2.84 bits per heavy atom. The summed E-state index contributed by atoms with van der Waals surface area (Å²) in [4.78, 5) is 11.3. The van der Waals surface area contributed by atoms with E-state index >= 15 is 0 Å². The molecule has 4 nitrogen and oxygen atoms in total. The lowest BCUT2D eigenvalue weighted by molar-refractivity contribution is -0.120. The van der Waals surface area contributed by atoms with E-state index in [0.717, 1.165) is 31.0 Å². The Balaban J connectivity index is 1.78. The molecule has 0 aliphatic heterocycles. The Kier molecular flexibility index (Phi) is 4.44. The fraction of sp³-hybridized carbons (Fsp3) is 0.462. The van der Waals surface area contributed by atoms with Crippen molar-refractivity contribution in [1.82, 2.24) is 10.6 Å². The number of benzene rings is 1. The van der Waals surface area contributed by atoms with Gasteiger partial charge in [0.2, 0.25) is 5.91 Å². The van der Waals surface area contributed by atoms with E-state index < -0.39 is 17.7 Å². The molecule has 0 bridgehead atoms. The number of nitrogens with one attached hydrogen (secondary N) is 2. The molecule has 0 aromatic heterocycles. The number of hydrogen-bond acceptors (Lipinski definition) is 3. The highest BCUT2D eigenvalue weighted by Gasteiger charge is 2.23. The summed E-state index contributed by atoms with van der Waals surface area (Å²) in [6.45, 7) is 0.0307. The zero-order chi connectivity index (χ0) is 13.8. The van der Waals surface area contributed by atoms with Crippen molar-refractivity contribution in [2.45, 2.75) is 25.0 Å². The Bertz CT molecular complexity index is 464. The summed E-state index contributed by atoms with van der Waals surface area (Å²) in [5.74, 6) is -1.44. The molecule has 1 aromatic rings. The second kappa shape index (κ2) is 6.08. The van der Waals surface area contributed by atoms with Gasteiger partial charge in [-0.15, -0.1) is 0 Å². The molecule has 1 aliphatic carbocycles. The molecule has 1 aromatic carbocycles. The molecule has 1 saturated carbocycles. The van der Waals surface area contributed by atoms with Gasteiger partial charge in [0.1, 0.15) is 11.6 Å². The van der Waals surface area contributed by atoms with Gasteiger partial charge in [-0.1, -0.05) is 0 Å². The van der Waals surface area contributed by atoms with Crippen LogP contribution in [-0.2, 0) is 4.79 Å². The van der Waals surface area contributed by atoms with Crippen molar-refractivity contribution < 1.29 is 18.7 Å². The van der Waals surface area contributed by atoms with Crippen LogP contribution >= 0.6 is 0 Å². The van der Waals surface area contributed by atoms with Crippen LogP contribution in [0.5, 0.6) is 0 Å². The lowest BCUT2D eigenvalue weighted by atomic mass is 10.1. The molecule has 19 heavy (non-hydrogen) atoms. The van der Waals surface area contributed by atoms with Crippen LogP contribution in [0.15, 0.2) is 18.2 Å². The van der Waals surface area contributed by atoms with Gasteiger partial charge in [0.05, 0.1) is 12.6 Å². The minimum Gasteiger partial charge on any atom is -0.387 e. The number of aliphatic hydroxyl groups excluding tert-OH is 1. The van der Waals surface area contributed by atoms with E-state index in [0.29, 0.717) is 0 Å². The summed E-state index contributed by atoms with van der Waals surface area (Å²) in [6.07, 6.45) is 0.815. The molecular formula is C13H16F2N2O2. The summed E-state index contributed by atoms with van der Waals surface area (Å²) in [5, 5.41) is 15.2. The molecular weight excluding hydrogens is 254 g/mol. The van der Waals surface area contributed by atoms with Crippen LogP contribution in [0.4, 0.5) is 8.78 Å². The first-order valence-electron chi connectivity index (χ1n) is 6.19. The Hall–Kier alpha value is -1.53. The molecule has 1 unspecified atom stereocenters. The topological polar surface area (TPSA) is 61.4 Å². The summed E-state index contributed by atoms with van der Waals surface area (Å²) < 4.78 is 26.3. The smallest absolute Gasteiger partial charge is 0.234 e. The number of aliphatic hydroxyl groups is 1. The summed E-state index contributed by atoms with van der Waals surface area (Å²) in [7, 11) is 0. The lowest BCUT2D eigenvalue weighted by Crippen LogP contribution is -2.36. The monoisotopic (exact) mass is 270 g/mol. The van der Waals surface area contributed by atoms with Crippen LogP contribution in [0, 0.1) is 11.6 Å². The lowest BCUT2D eigenvalue weighted by Gasteiger charge is -2.13. The molecule has 0 spiro atoms. The van der Waals surface area contributed by atoms with E-state index in [2.05, 4.69) is 10.6 Å². The van der Waals surface area contributed by atoms with Gasteiger partial charge in [-0.25, -0.2) is 8.78 Å². The molecule has 6 heteroatoms. The number of rotatable bonds is 6. The van der Waals surface area contributed by atoms with Gasteiger partial charge in [0.15, 0.2) is 0 Å². The van der Waals surface area contributed by atoms with Crippen LogP contribution < -0.4 is 10.6 Å². The third-order valence-electron chi connectivity index (χ3n) is 2.88. The molecule has 0 saturated heterocycles. The van der Waals surface area contributed by atoms with Gasteiger partial charge >= 0.3 is 0 Å². The minimum absolute atomic E-state index is 0.0154. The number of carbonyl (C=O) groups excluding carboxylic acids is 1. The highest BCUT2D eigenvalue weighted by molar-refractivity contribution is 5.78. The highest BCUT2D eigenvalue weighted by atomic mass is 19.1. The fourth-order valence-corrected chi connectivity index (χ4v) is 1.71. The van der Waals surface area contributed by atoms with Crippen LogP contribution in [0.3, 0.4) is 0 Å². The zero-order valence-electron chi connectivity index (χ0n) is 10.3. The van der Waals surface area contributed by atoms with Gasteiger partial charge in [-0.2, -0.15) is 0 Å². The predicted molar refractivity (Wildman–Crippen MR) is 65.4 cm³/mol. The molecule has 1 aliphatic rings. The second-order valence-electron chi connectivity index (χ2n) is 4.65. The molecule has 3 N–H and O–H groups in total. The Morgan fingerprint density at radius 2 is 2.16 bits per heavy atom. The highest BCUT2D eigenvalue weighted by Crippen LogP contribution is 2.18. The SMILES string of the molecule is O=C(CNCC(O)c1cc(F)ccc1F)NC1CC1. The summed E-state index contributed by atoms with van der Waals surface area (Å²) in [6, 6.07) is 3.18. The summed E-state index contributed by atoms with van der Waals surface area (Å²) >= 11 is 0. The standard InChI is InChI=1S/C13H16F2N2O2/c14-8-1-4-11(15)10(5-8)12(18)6-16-7-13(19)17-9-2-3-9/h1,4-5,9,12,16,18H,2-3,6-7H2,(H,17,19). The first kappa shape index (κ1) is 13.9. The van der Waals surface area contributed by atoms with E-state index in [9.17, 15) is 18.7 Å². The Morgan fingerprint density at radius 1 is 1.42 bits per heavy atom. The number of hydrogen-bond donors (Lipinski definition) is 3. The maximum Gasteiger partial charge on any atom is 0.234 e. The Labute approximate surface area is 109 Å². The molecule has 1 amide bonds.